The molecule has 0 atom stereocenters. The standard InChI is InChI=1S/C15H11BrN2O2.C15H12N2O2/c16-11-6-7-13-12(8-11)14(17-20)15(19)18(13)9-10-4-2-1-3-5-10;18-15-14(16-19)12-8-4-5-9-13(12)17(15)10-11-6-2-1-3-7-11/h1-8,19H,9H2;1-9,18H,10H2. The molecule has 0 fully saturated rings. The van der Waals surface area contributed by atoms with Crippen molar-refractivity contribution in [2.24, 2.45) is 10.4 Å². The first-order valence-electron chi connectivity index (χ1n) is 12.1. The van der Waals surface area contributed by atoms with Gasteiger partial charge in [-0.25, -0.2) is 0 Å². The van der Waals surface area contributed by atoms with Crippen LogP contribution in [0.3, 0.4) is 0 Å². The molecule has 9 heteroatoms. The van der Waals surface area contributed by atoms with Crippen molar-refractivity contribution in [2.45, 2.75) is 13.1 Å². The Bertz CT molecular complexity index is 1780. The fourth-order valence-corrected chi connectivity index (χ4v) is 4.96. The third-order valence-corrected chi connectivity index (χ3v) is 6.93. The fraction of sp³-hybridized carbons (Fsp3) is 0.0667. The number of aromatic hydroxyl groups is 2. The molecule has 39 heavy (non-hydrogen) atoms. The highest BCUT2D eigenvalue weighted by Crippen LogP contribution is 2.40. The first kappa shape index (κ1) is 25.9. The lowest BCUT2D eigenvalue weighted by atomic mass is 10.2. The van der Waals surface area contributed by atoms with E-state index in [1.165, 1.54) is 0 Å². The molecule has 0 radical (unpaired) electrons. The quantitative estimate of drug-likeness (QED) is 0.192. The van der Waals surface area contributed by atoms with Gasteiger partial charge in [0.05, 0.1) is 24.1 Å². The summed E-state index contributed by atoms with van der Waals surface area (Å²) < 4.78 is 4.22. The van der Waals surface area contributed by atoms with Gasteiger partial charge >= 0.3 is 0 Å². The number of aromatic nitrogens is 2. The van der Waals surface area contributed by atoms with Gasteiger partial charge in [-0.05, 0) is 45.7 Å². The molecule has 0 unspecified atom stereocenters. The van der Waals surface area contributed by atoms with Crippen molar-refractivity contribution in [1.82, 2.24) is 9.13 Å². The average Bonchev–Trinajstić information content (AvgIpc) is 3.38. The Morgan fingerprint density at radius 1 is 0.590 bits per heavy atom. The second kappa shape index (κ2) is 11.3. The lowest BCUT2D eigenvalue weighted by Crippen LogP contribution is -1.98. The summed E-state index contributed by atoms with van der Waals surface area (Å²) in [6, 6.07) is 32.4. The van der Waals surface area contributed by atoms with Gasteiger partial charge in [0.25, 0.3) is 0 Å². The molecule has 0 spiro atoms. The van der Waals surface area contributed by atoms with Crippen LogP contribution in [-0.2, 0) is 13.1 Å². The Hall–Kier alpha value is -4.76. The number of hydrogen-bond acceptors (Lipinski definition) is 6. The first-order chi connectivity index (χ1) is 19.0. The van der Waals surface area contributed by atoms with E-state index in [2.05, 4.69) is 26.3 Å². The number of halogens is 1. The minimum Gasteiger partial charge on any atom is -0.493 e. The summed E-state index contributed by atoms with van der Waals surface area (Å²) in [5.41, 5.74) is 3.86. The van der Waals surface area contributed by atoms with Gasteiger partial charge < -0.3 is 19.3 Å². The SMILES string of the molecule is O=Nc1c(O)n(Cc2ccccc2)c2ccc(Br)cc12.O=Nc1c(O)n(Cc2ccccc2)c2ccccc12. The molecule has 0 aliphatic carbocycles. The molecule has 0 aliphatic rings. The van der Waals surface area contributed by atoms with E-state index in [-0.39, 0.29) is 23.1 Å². The molecule has 4 aromatic carbocycles. The van der Waals surface area contributed by atoms with Crippen molar-refractivity contribution < 1.29 is 10.2 Å². The summed E-state index contributed by atoms with van der Waals surface area (Å²) >= 11 is 3.36. The number of rotatable bonds is 6. The Balaban J connectivity index is 0.000000158. The first-order valence-corrected chi connectivity index (χ1v) is 12.9. The minimum atomic E-state index is -0.100. The van der Waals surface area contributed by atoms with Gasteiger partial charge in [0, 0.05) is 15.2 Å². The predicted octanol–water partition coefficient (Wildman–Crippen LogP) is 8.35. The van der Waals surface area contributed by atoms with Crippen LogP contribution in [0.15, 0.2) is 118 Å². The van der Waals surface area contributed by atoms with Gasteiger partial charge in [0.1, 0.15) is 0 Å². The van der Waals surface area contributed by atoms with Gasteiger partial charge in [-0.3, -0.25) is 0 Å². The maximum Gasteiger partial charge on any atom is 0.222 e. The Morgan fingerprint density at radius 2 is 1.05 bits per heavy atom. The van der Waals surface area contributed by atoms with E-state index < -0.39 is 0 Å². The molecule has 0 amide bonds. The van der Waals surface area contributed by atoms with Crippen LogP contribution < -0.4 is 0 Å². The molecule has 194 valence electrons. The predicted molar refractivity (Wildman–Crippen MR) is 157 cm³/mol. The minimum absolute atomic E-state index is 0.0808. The van der Waals surface area contributed by atoms with Crippen LogP contribution in [-0.4, -0.2) is 19.3 Å². The molecule has 2 heterocycles. The van der Waals surface area contributed by atoms with Crippen molar-refractivity contribution >= 4 is 49.1 Å². The van der Waals surface area contributed by atoms with Crippen molar-refractivity contribution in [3.63, 3.8) is 0 Å². The van der Waals surface area contributed by atoms with E-state index in [1.807, 2.05) is 91.0 Å². The average molecular weight is 583 g/mol. The van der Waals surface area contributed by atoms with E-state index in [0.717, 1.165) is 26.6 Å². The van der Waals surface area contributed by atoms with Crippen molar-refractivity contribution in [1.29, 1.82) is 0 Å². The summed E-state index contributed by atoms with van der Waals surface area (Å²) in [6.07, 6.45) is 0. The lowest BCUT2D eigenvalue weighted by molar-refractivity contribution is 0.429. The second-order valence-corrected chi connectivity index (χ2v) is 9.76. The molecular weight excluding hydrogens is 560 g/mol. The topological polar surface area (TPSA) is 109 Å². The maximum absolute atomic E-state index is 11.0. The van der Waals surface area contributed by atoms with Gasteiger partial charge in [0.15, 0.2) is 11.4 Å². The van der Waals surface area contributed by atoms with E-state index in [0.29, 0.717) is 23.9 Å². The van der Waals surface area contributed by atoms with Crippen LogP contribution in [0, 0.1) is 9.81 Å². The molecule has 6 rings (SSSR count). The van der Waals surface area contributed by atoms with E-state index in [4.69, 9.17) is 0 Å². The van der Waals surface area contributed by atoms with E-state index in [1.54, 1.807) is 21.3 Å². The van der Waals surface area contributed by atoms with Crippen molar-refractivity contribution in [3.05, 3.63) is 129 Å². The smallest absolute Gasteiger partial charge is 0.222 e. The summed E-state index contributed by atoms with van der Waals surface area (Å²) in [5.74, 6) is -0.183. The maximum atomic E-state index is 11.0. The van der Waals surface area contributed by atoms with Crippen LogP contribution in [0.4, 0.5) is 11.4 Å². The zero-order chi connectivity index (χ0) is 27.4. The third-order valence-electron chi connectivity index (χ3n) is 6.44. The number of hydrogen-bond donors (Lipinski definition) is 2. The number of nitrogens with zero attached hydrogens (tertiary/aromatic N) is 4. The number of nitroso groups, excluding NO2 is 2. The van der Waals surface area contributed by atoms with Crippen LogP contribution in [0.25, 0.3) is 21.8 Å². The summed E-state index contributed by atoms with van der Waals surface area (Å²) in [6.45, 7) is 0.989. The van der Waals surface area contributed by atoms with Crippen LogP contribution in [0.1, 0.15) is 11.1 Å². The monoisotopic (exact) mass is 582 g/mol. The largest absolute Gasteiger partial charge is 0.493 e. The zero-order valence-electron chi connectivity index (χ0n) is 20.6. The Morgan fingerprint density at radius 3 is 1.59 bits per heavy atom. The molecular formula is C30H23BrN4O4. The number of fused-ring (bicyclic) bond motifs is 2. The summed E-state index contributed by atoms with van der Waals surface area (Å²) in [4.78, 5) is 21.9. The molecule has 8 nitrogen and oxygen atoms in total. The van der Waals surface area contributed by atoms with E-state index >= 15 is 0 Å². The highest BCUT2D eigenvalue weighted by Gasteiger charge is 2.18. The summed E-state index contributed by atoms with van der Waals surface area (Å²) in [5, 5.41) is 27.6. The highest BCUT2D eigenvalue weighted by atomic mass is 79.9. The van der Waals surface area contributed by atoms with E-state index in [9.17, 15) is 20.0 Å². The van der Waals surface area contributed by atoms with Crippen molar-refractivity contribution in [2.75, 3.05) is 0 Å². The lowest BCUT2D eigenvalue weighted by Gasteiger charge is -2.07. The van der Waals surface area contributed by atoms with Gasteiger partial charge in [-0.15, -0.1) is 9.81 Å². The molecule has 0 aliphatic heterocycles. The normalized spacial score (nSPS) is 10.8. The Kier molecular flexibility index (Phi) is 7.51. The molecule has 0 saturated heterocycles. The van der Waals surface area contributed by atoms with Gasteiger partial charge in [0.2, 0.25) is 11.8 Å². The molecule has 2 aromatic heterocycles. The Labute approximate surface area is 231 Å². The number of benzene rings is 4. The zero-order valence-corrected chi connectivity index (χ0v) is 22.2. The molecule has 2 N–H and O–H groups in total. The summed E-state index contributed by atoms with van der Waals surface area (Å²) in [7, 11) is 0. The fourth-order valence-electron chi connectivity index (χ4n) is 4.60. The third kappa shape index (κ3) is 5.17. The molecule has 6 aromatic rings. The number of para-hydroxylation sites is 1. The van der Waals surface area contributed by atoms with Gasteiger partial charge in [-0.2, -0.15) is 0 Å². The van der Waals surface area contributed by atoms with Crippen LogP contribution in [0.2, 0.25) is 0 Å². The second-order valence-electron chi connectivity index (χ2n) is 8.85. The van der Waals surface area contributed by atoms with Crippen LogP contribution in [0.5, 0.6) is 11.8 Å². The van der Waals surface area contributed by atoms with Gasteiger partial charge in [-0.1, -0.05) is 94.8 Å². The highest BCUT2D eigenvalue weighted by molar-refractivity contribution is 9.10. The van der Waals surface area contributed by atoms with Crippen LogP contribution >= 0.6 is 15.9 Å². The molecule has 0 saturated carbocycles. The molecule has 0 bridgehead atoms. The van der Waals surface area contributed by atoms with Crippen molar-refractivity contribution in [3.8, 4) is 11.8 Å².